The molecule has 0 aromatic carbocycles. The molecule has 1 aliphatic rings. The summed E-state index contributed by atoms with van der Waals surface area (Å²) >= 11 is 0. The van der Waals surface area contributed by atoms with Crippen molar-refractivity contribution in [2.75, 3.05) is 6.54 Å². The highest BCUT2D eigenvalue weighted by atomic mass is 16.2. The minimum Gasteiger partial charge on any atom is -0.369 e. The Balaban J connectivity index is 2.26. The predicted molar refractivity (Wildman–Crippen MR) is 65.9 cm³/mol. The van der Waals surface area contributed by atoms with E-state index in [0.717, 1.165) is 25.7 Å². The quantitative estimate of drug-likeness (QED) is 0.638. The van der Waals surface area contributed by atoms with Crippen LogP contribution in [0.15, 0.2) is 0 Å². The van der Waals surface area contributed by atoms with Crippen LogP contribution in [0.25, 0.3) is 0 Å². The lowest BCUT2D eigenvalue weighted by Gasteiger charge is -2.27. The van der Waals surface area contributed by atoms with Crippen molar-refractivity contribution in [3.63, 3.8) is 0 Å². The highest BCUT2D eigenvalue weighted by Gasteiger charge is 2.25. The minimum atomic E-state index is -0.216. The molecule has 1 aliphatic carbocycles. The topological polar surface area (TPSA) is 98.2 Å². The Kier molecular flexibility index (Phi) is 5.41. The molecule has 1 saturated carbocycles. The maximum absolute atomic E-state index is 11.6. The van der Waals surface area contributed by atoms with Gasteiger partial charge in [0.15, 0.2) is 0 Å². The van der Waals surface area contributed by atoms with E-state index in [1.165, 1.54) is 0 Å². The Morgan fingerprint density at radius 3 is 2.35 bits per heavy atom. The van der Waals surface area contributed by atoms with Gasteiger partial charge in [-0.15, -0.1) is 0 Å². The molecule has 0 bridgehead atoms. The maximum Gasteiger partial charge on any atom is 0.220 e. The molecule has 5 nitrogen and oxygen atoms in total. The molecule has 0 radical (unpaired) electrons. The second-order valence-corrected chi connectivity index (χ2v) is 5.06. The second kappa shape index (κ2) is 6.59. The van der Waals surface area contributed by atoms with Crippen LogP contribution in [0.2, 0.25) is 0 Å². The van der Waals surface area contributed by atoms with Crippen molar-refractivity contribution in [3.05, 3.63) is 0 Å². The van der Waals surface area contributed by atoms with Crippen LogP contribution in [0.5, 0.6) is 0 Å². The van der Waals surface area contributed by atoms with E-state index >= 15 is 0 Å². The lowest BCUT2D eigenvalue weighted by atomic mass is 9.85. The van der Waals surface area contributed by atoms with Gasteiger partial charge < -0.3 is 16.8 Å². The number of carbonyl (C=O) groups is 2. The van der Waals surface area contributed by atoms with E-state index in [2.05, 4.69) is 5.32 Å². The summed E-state index contributed by atoms with van der Waals surface area (Å²) in [4.78, 5) is 22.6. The molecule has 5 heteroatoms. The van der Waals surface area contributed by atoms with E-state index < -0.39 is 0 Å². The van der Waals surface area contributed by atoms with E-state index in [9.17, 15) is 9.59 Å². The summed E-state index contributed by atoms with van der Waals surface area (Å²) in [6, 6.07) is 0.197. The zero-order valence-electron chi connectivity index (χ0n) is 10.4. The smallest absolute Gasteiger partial charge is 0.220 e. The Hall–Kier alpha value is -1.10. The number of rotatable bonds is 5. The summed E-state index contributed by atoms with van der Waals surface area (Å²) in [6.07, 6.45) is 3.73. The van der Waals surface area contributed by atoms with E-state index in [4.69, 9.17) is 11.5 Å². The standard InChI is InChI=1S/C12H23N3O2/c1-8(7-13)6-11(16)15-10-4-2-9(3-5-10)12(14)17/h8-10H,2-7,13H2,1H3,(H2,14,17)(H,15,16). The Morgan fingerprint density at radius 2 is 1.88 bits per heavy atom. The van der Waals surface area contributed by atoms with Gasteiger partial charge in [0.1, 0.15) is 0 Å². The third kappa shape index (κ3) is 4.73. The van der Waals surface area contributed by atoms with Crippen molar-refractivity contribution in [2.45, 2.75) is 45.1 Å². The molecule has 1 atom stereocenters. The van der Waals surface area contributed by atoms with E-state index in [0.29, 0.717) is 13.0 Å². The van der Waals surface area contributed by atoms with Gasteiger partial charge in [0.25, 0.3) is 0 Å². The first kappa shape index (κ1) is 14.0. The molecule has 1 rings (SSSR count). The summed E-state index contributed by atoms with van der Waals surface area (Å²) < 4.78 is 0. The van der Waals surface area contributed by atoms with Crippen molar-refractivity contribution in [1.82, 2.24) is 5.32 Å². The molecule has 98 valence electrons. The zero-order chi connectivity index (χ0) is 12.8. The number of nitrogens with one attached hydrogen (secondary N) is 1. The SMILES string of the molecule is CC(CN)CC(=O)NC1CCC(C(N)=O)CC1. The predicted octanol–water partition coefficient (Wildman–Crippen LogP) is 0.132. The van der Waals surface area contributed by atoms with Gasteiger partial charge in [-0.2, -0.15) is 0 Å². The molecule has 0 aromatic heterocycles. The lowest BCUT2D eigenvalue weighted by Crippen LogP contribution is -2.40. The highest BCUT2D eigenvalue weighted by molar-refractivity contribution is 5.77. The van der Waals surface area contributed by atoms with Gasteiger partial charge in [0.2, 0.25) is 11.8 Å². The van der Waals surface area contributed by atoms with E-state index in [1.807, 2.05) is 6.92 Å². The molecule has 0 aliphatic heterocycles. The second-order valence-electron chi connectivity index (χ2n) is 5.06. The minimum absolute atomic E-state index is 0.00822. The molecule has 0 spiro atoms. The van der Waals surface area contributed by atoms with Gasteiger partial charge in [0.05, 0.1) is 0 Å². The van der Waals surface area contributed by atoms with Crippen molar-refractivity contribution < 1.29 is 9.59 Å². The van der Waals surface area contributed by atoms with E-state index in [1.54, 1.807) is 0 Å². The van der Waals surface area contributed by atoms with Gasteiger partial charge in [-0.05, 0) is 38.1 Å². The maximum atomic E-state index is 11.6. The average molecular weight is 241 g/mol. The first-order valence-electron chi connectivity index (χ1n) is 6.31. The van der Waals surface area contributed by atoms with Crippen LogP contribution < -0.4 is 16.8 Å². The molecule has 17 heavy (non-hydrogen) atoms. The summed E-state index contributed by atoms with van der Waals surface area (Å²) in [6.45, 7) is 2.49. The Bertz CT molecular complexity index is 273. The van der Waals surface area contributed by atoms with Gasteiger partial charge in [-0.25, -0.2) is 0 Å². The monoisotopic (exact) mass is 241 g/mol. The third-order valence-electron chi connectivity index (χ3n) is 3.43. The summed E-state index contributed by atoms with van der Waals surface area (Å²) in [5.74, 6) is 0.0556. The molecule has 1 fully saturated rings. The Morgan fingerprint density at radius 1 is 1.29 bits per heavy atom. The molecule has 0 saturated heterocycles. The average Bonchev–Trinajstić information content (AvgIpc) is 2.29. The van der Waals surface area contributed by atoms with Gasteiger partial charge >= 0.3 is 0 Å². The number of amides is 2. The number of hydrogen-bond acceptors (Lipinski definition) is 3. The van der Waals surface area contributed by atoms with Crippen molar-refractivity contribution >= 4 is 11.8 Å². The molecule has 1 unspecified atom stereocenters. The summed E-state index contributed by atoms with van der Waals surface area (Å²) in [7, 11) is 0. The van der Waals surface area contributed by atoms with Crippen LogP contribution in [0.1, 0.15) is 39.0 Å². The number of carbonyl (C=O) groups excluding carboxylic acids is 2. The summed E-state index contributed by atoms with van der Waals surface area (Å²) in [5.41, 5.74) is 10.7. The number of nitrogens with two attached hydrogens (primary N) is 2. The molecular formula is C12H23N3O2. The van der Waals surface area contributed by atoms with Crippen molar-refractivity contribution in [1.29, 1.82) is 0 Å². The van der Waals surface area contributed by atoms with Crippen LogP contribution in [0, 0.1) is 11.8 Å². The molecule has 5 N–H and O–H groups in total. The summed E-state index contributed by atoms with van der Waals surface area (Å²) in [5, 5.41) is 3.00. The van der Waals surface area contributed by atoms with Crippen LogP contribution in [-0.2, 0) is 9.59 Å². The van der Waals surface area contributed by atoms with Gasteiger partial charge in [-0.1, -0.05) is 6.92 Å². The largest absolute Gasteiger partial charge is 0.369 e. The number of hydrogen-bond donors (Lipinski definition) is 3. The fourth-order valence-electron chi connectivity index (χ4n) is 2.21. The normalized spacial score (nSPS) is 26.2. The van der Waals surface area contributed by atoms with Crippen molar-refractivity contribution in [2.24, 2.45) is 23.3 Å². The molecule has 0 aromatic rings. The fraction of sp³-hybridized carbons (Fsp3) is 0.833. The van der Waals surface area contributed by atoms with Crippen molar-refractivity contribution in [3.8, 4) is 0 Å². The van der Waals surface area contributed by atoms with Crippen LogP contribution in [0.4, 0.5) is 0 Å². The van der Waals surface area contributed by atoms with Gasteiger partial charge in [-0.3, -0.25) is 9.59 Å². The lowest BCUT2D eigenvalue weighted by molar-refractivity contribution is -0.123. The first-order valence-corrected chi connectivity index (χ1v) is 6.31. The fourth-order valence-corrected chi connectivity index (χ4v) is 2.21. The zero-order valence-corrected chi connectivity index (χ0v) is 10.4. The molecular weight excluding hydrogens is 218 g/mol. The van der Waals surface area contributed by atoms with Crippen LogP contribution in [0.3, 0.4) is 0 Å². The van der Waals surface area contributed by atoms with Crippen LogP contribution >= 0.6 is 0 Å². The van der Waals surface area contributed by atoms with Crippen LogP contribution in [-0.4, -0.2) is 24.4 Å². The first-order chi connectivity index (χ1) is 8.02. The number of primary amides is 1. The third-order valence-corrected chi connectivity index (χ3v) is 3.43. The highest BCUT2D eigenvalue weighted by Crippen LogP contribution is 2.24. The molecule has 2 amide bonds. The molecule has 0 heterocycles. The van der Waals surface area contributed by atoms with E-state index in [-0.39, 0.29) is 29.7 Å². The van der Waals surface area contributed by atoms with Gasteiger partial charge in [0, 0.05) is 18.4 Å². The Labute approximate surface area is 102 Å².